The zero-order valence-corrected chi connectivity index (χ0v) is 13.9. The summed E-state index contributed by atoms with van der Waals surface area (Å²) in [4.78, 5) is 21.2. The van der Waals surface area contributed by atoms with Crippen molar-refractivity contribution in [1.82, 2.24) is 9.88 Å². The fourth-order valence-corrected chi connectivity index (χ4v) is 3.33. The number of benzene rings is 1. The molecule has 23 heavy (non-hydrogen) atoms. The van der Waals surface area contributed by atoms with Gasteiger partial charge in [0.05, 0.1) is 5.56 Å². The summed E-state index contributed by atoms with van der Waals surface area (Å²) in [6.45, 7) is 8.02. The van der Waals surface area contributed by atoms with Crippen LogP contribution in [-0.4, -0.2) is 41.0 Å². The molecule has 0 radical (unpaired) electrons. The number of carbonyl (C=O) groups is 1. The molecule has 0 spiro atoms. The van der Waals surface area contributed by atoms with Crippen molar-refractivity contribution in [3.8, 4) is 0 Å². The molecule has 1 aromatic heterocycles. The topological polar surface area (TPSA) is 36.4 Å². The van der Waals surface area contributed by atoms with E-state index in [4.69, 9.17) is 0 Å². The van der Waals surface area contributed by atoms with Gasteiger partial charge in [-0.05, 0) is 45.0 Å². The lowest BCUT2D eigenvalue weighted by Crippen LogP contribution is -2.58. The van der Waals surface area contributed by atoms with Crippen LogP contribution in [0.3, 0.4) is 0 Å². The maximum atomic E-state index is 12.8. The molecule has 1 saturated heterocycles. The number of aromatic nitrogens is 1. The van der Waals surface area contributed by atoms with Crippen LogP contribution in [0.4, 0.5) is 5.69 Å². The molecule has 1 amide bonds. The average molecular weight is 309 g/mol. The highest BCUT2D eigenvalue weighted by Gasteiger charge is 2.33. The second-order valence-electron chi connectivity index (χ2n) is 6.39. The zero-order chi connectivity index (χ0) is 16.4. The van der Waals surface area contributed by atoms with Crippen molar-refractivity contribution >= 4 is 11.6 Å². The summed E-state index contributed by atoms with van der Waals surface area (Å²) in [7, 11) is 0. The van der Waals surface area contributed by atoms with Crippen LogP contribution in [0.25, 0.3) is 0 Å². The Kier molecular flexibility index (Phi) is 4.33. The Morgan fingerprint density at radius 1 is 1.09 bits per heavy atom. The fourth-order valence-electron chi connectivity index (χ4n) is 3.33. The summed E-state index contributed by atoms with van der Waals surface area (Å²) < 4.78 is 0. The molecule has 0 aliphatic carbocycles. The minimum Gasteiger partial charge on any atom is -0.367 e. The van der Waals surface area contributed by atoms with Gasteiger partial charge in [0.15, 0.2) is 0 Å². The third kappa shape index (κ3) is 3.21. The van der Waals surface area contributed by atoms with Crippen molar-refractivity contribution in [2.45, 2.75) is 32.9 Å². The Balaban J connectivity index is 1.77. The maximum absolute atomic E-state index is 12.8. The first-order chi connectivity index (χ1) is 11.1. The molecule has 2 unspecified atom stereocenters. The molecule has 2 atom stereocenters. The highest BCUT2D eigenvalue weighted by atomic mass is 16.2. The van der Waals surface area contributed by atoms with Crippen molar-refractivity contribution in [1.29, 1.82) is 0 Å². The predicted molar refractivity (Wildman–Crippen MR) is 92.7 cm³/mol. The second kappa shape index (κ2) is 6.41. The van der Waals surface area contributed by atoms with Gasteiger partial charge in [-0.2, -0.15) is 0 Å². The molecule has 3 rings (SSSR count). The number of anilines is 1. The summed E-state index contributed by atoms with van der Waals surface area (Å²) in [6.07, 6.45) is 3.34. The van der Waals surface area contributed by atoms with Crippen LogP contribution in [0.2, 0.25) is 0 Å². The van der Waals surface area contributed by atoms with E-state index in [0.29, 0.717) is 5.56 Å². The zero-order valence-electron chi connectivity index (χ0n) is 13.9. The summed E-state index contributed by atoms with van der Waals surface area (Å²) in [5, 5.41) is 0. The van der Waals surface area contributed by atoms with Crippen LogP contribution < -0.4 is 4.90 Å². The number of hydrogen-bond donors (Lipinski definition) is 0. The molecule has 2 heterocycles. The first kappa shape index (κ1) is 15.5. The number of carbonyl (C=O) groups excluding carboxylic acids is 1. The van der Waals surface area contributed by atoms with Crippen molar-refractivity contribution in [2.24, 2.45) is 0 Å². The smallest absolute Gasteiger partial charge is 0.256 e. The normalized spacial score (nSPS) is 21.3. The van der Waals surface area contributed by atoms with Gasteiger partial charge in [0.1, 0.15) is 0 Å². The molecule has 0 saturated carbocycles. The molecule has 0 bridgehead atoms. The van der Waals surface area contributed by atoms with Gasteiger partial charge in [0.25, 0.3) is 5.91 Å². The Morgan fingerprint density at radius 3 is 2.30 bits per heavy atom. The van der Waals surface area contributed by atoms with E-state index < -0.39 is 0 Å². The Bertz CT molecular complexity index is 657. The lowest BCUT2D eigenvalue weighted by molar-refractivity contribution is 0.0574. The maximum Gasteiger partial charge on any atom is 0.256 e. The standard InChI is InChI=1S/C19H23N3O/c1-14-6-8-18(9-7-14)21-12-15(2)22(16(3)13-21)19(23)17-5-4-10-20-11-17/h4-11,15-16H,12-13H2,1-3H3. The number of amides is 1. The summed E-state index contributed by atoms with van der Waals surface area (Å²) in [6, 6.07) is 12.6. The first-order valence-electron chi connectivity index (χ1n) is 8.10. The number of aryl methyl sites for hydroxylation is 1. The highest BCUT2D eigenvalue weighted by Crippen LogP contribution is 2.24. The molecule has 0 N–H and O–H groups in total. The fraction of sp³-hybridized carbons (Fsp3) is 0.368. The Morgan fingerprint density at radius 2 is 1.74 bits per heavy atom. The van der Waals surface area contributed by atoms with Gasteiger partial charge < -0.3 is 9.80 Å². The lowest BCUT2D eigenvalue weighted by atomic mass is 10.0. The van der Waals surface area contributed by atoms with E-state index >= 15 is 0 Å². The van der Waals surface area contributed by atoms with Crippen LogP contribution in [-0.2, 0) is 0 Å². The number of hydrogen-bond acceptors (Lipinski definition) is 3. The molecule has 2 aromatic rings. The van der Waals surface area contributed by atoms with E-state index in [1.54, 1.807) is 12.4 Å². The van der Waals surface area contributed by atoms with Crippen LogP contribution in [0.5, 0.6) is 0 Å². The summed E-state index contributed by atoms with van der Waals surface area (Å²) >= 11 is 0. The molecule has 4 heteroatoms. The van der Waals surface area contributed by atoms with E-state index in [9.17, 15) is 4.79 Å². The minimum atomic E-state index is 0.0710. The van der Waals surface area contributed by atoms with Crippen LogP contribution in [0.1, 0.15) is 29.8 Å². The number of piperazine rings is 1. The largest absolute Gasteiger partial charge is 0.367 e. The molecule has 1 fully saturated rings. The minimum absolute atomic E-state index is 0.0710. The van der Waals surface area contributed by atoms with Gasteiger partial charge >= 0.3 is 0 Å². The van der Waals surface area contributed by atoms with Crippen LogP contribution in [0, 0.1) is 6.92 Å². The predicted octanol–water partition coefficient (Wildman–Crippen LogP) is 3.13. The first-order valence-corrected chi connectivity index (χ1v) is 8.10. The summed E-state index contributed by atoms with van der Waals surface area (Å²) in [5.74, 6) is 0.0710. The molecule has 1 aliphatic heterocycles. The van der Waals surface area contributed by atoms with Crippen molar-refractivity contribution in [3.05, 3.63) is 59.9 Å². The van der Waals surface area contributed by atoms with Gasteiger partial charge in [0, 0.05) is 43.3 Å². The Hall–Kier alpha value is -2.36. The van der Waals surface area contributed by atoms with Crippen LogP contribution in [0.15, 0.2) is 48.8 Å². The molecular weight excluding hydrogens is 286 g/mol. The second-order valence-corrected chi connectivity index (χ2v) is 6.39. The van der Waals surface area contributed by atoms with Gasteiger partial charge in [0.2, 0.25) is 0 Å². The molecule has 4 nitrogen and oxygen atoms in total. The highest BCUT2D eigenvalue weighted by molar-refractivity contribution is 5.94. The average Bonchev–Trinajstić information content (AvgIpc) is 2.55. The van der Waals surface area contributed by atoms with E-state index in [1.165, 1.54) is 11.3 Å². The lowest BCUT2D eigenvalue weighted by Gasteiger charge is -2.45. The van der Waals surface area contributed by atoms with Gasteiger partial charge in [-0.1, -0.05) is 17.7 Å². The van der Waals surface area contributed by atoms with Crippen molar-refractivity contribution < 1.29 is 4.79 Å². The monoisotopic (exact) mass is 309 g/mol. The number of nitrogens with zero attached hydrogens (tertiary/aromatic N) is 3. The quantitative estimate of drug-likeness (QED) is 0.855. The van der Waals surface area contributed by atoms with Gasteiger partial charge in [-0.3, -0.25) is 9.78 Å². The third-order valence-corrected chi connectivity index (χ3v) is 4.46. The molecule has 120 valence electrons. The van der Waals surface area contributed by atoms with Crippen molar-refractivity contribution in [2.75, 3.05) is 18.0 Å². The van der Waals surface area contributed by atoms with Gasteiger partial charge in [-0.25, -0.2) is 0 Å². The van der Waals surface area contributed by atoms with E-state index in [-0.39, 0.29) is 18.0 Å². The Labute approximate surface area is 137 Å². The van der Waals surface area contributed by atoms with Crippen molar-refractivity contribution in [3.63, 3.8) is 0 Å². The van der Waals surface area contributed by atoms with Gasteiger partial charge in [-0.15, -0.1) is 0 Å². The third-order valence-electron chi connectivity index (χ3n) is 4.46. The van der Waals surface area contributed by atoms with E-state index in [2.05, 4.69) is 54.9 Å². The SMILES string of the molecule is Cc1ccc(N2CC(C)N(C(=O)c3cccnc3)C(C)C2)cc1. The number of rotatable bonds is 2. The number of pyridine rings is 1. The van der Waals surface area contributed by atoms with E-state index in [0.717, 1.165) is 13.1 Å². The molecule has 1 aliphatic rings. The molecule has 1 aromatic carbocycles. The van der Waals surface area contributed by atoms with E-state index in [1.807, 2.05) is 17.0 Å². The molecular formula is C19H23N3O. The summed E-state index contributed by atoms with van der Waals surface area (Å²) in [5.41, 5.74) is 3.15. The van der Waals surface area contributed by atoms with Crippen LogP contribution >= 0.6 is 0 Å².